The van der Waals surface area contributed by atoms with Crippen molar-refractivity contribution in [3.63, 3.8) is 0 Å². The van der Waals surface area contributed by atoms with Gasteiger partial charge in [0.1, 0.15) is 0 Å². The number of fused-ring (bicyclic) bond motifs is 1. The zero-order valence-corrected chi connectivity index (χ0v) is 16.9. The summed E-state index contributed by atoms with van der Waals surface area (Å²) in [6.07, 6.45) is 0.320. The van der Waals surface area contributed by atoms with Crippen LogP contribution in [0, 0.1) is 0 Å². The number of carbonyl (C=O) groups is 1. The van der Waals surface area contributed by atoms with E-state index in [-0.39, 0.29) is 15.9 Å². The molecule has 0 saturated heterocycles. The van der Waals surface area contributed by atoms with E-state index < -0.39 is 10.0 Å². The average Bonchev–Trinajstić information content (AvgIpc) is 3.30. The van der Waals surface area contributed by atoms with Crippen LogP contribution in [0.5, 0.6) is 0 Å². The van der Waals surface area contributed by atoms with Gasteiger partial charge in [-0.15, -0.1) is 11.3 Å². The molecule has 4 rings (SSSR count). The molecule has 6 nitrogen and oxygen atoms in total. The third kappa shape index (κ3) is 4.22. The van der Waals surface area contributed by atoms with Gasteiger partial charge in [-0.1, -0.05) is 35.6 Å². The number of benzene rings is 2. The second-order valence-electron chi connectivity index (χ2n) is 5.92. The van der Waals surface area contributed by atoms with Crippen LogP contribution in [-0.2, 0) is 21.2 Å². The van der Waals surface area contributed by atoms with Gasteiger partial charge in [0.25, 0.3) is 10.0 Å². The van der Waals surface area contributed by atoms with Crippen LogP contribution in [-0.4, -0.2) is 19.3 Å². The Balaban J connectivity index is 1.51. The highest BCUT2D eigenvalue weighted by Crippen LogP contribution is 2.30. The van der Waals surface area contributed by atoms with E-state index in [2.05, 4.69) is 15.0 Å². The highest BCUT2D eigenvalue weighted by atomic mass is 32.2. The number of amides is 1. The van der Waals surface area contributed by atoms with Crippen molar-refractivity contribution >= 4 is 59.6 Å². The minimum Gasteiger partial charge on any atom is -0.326 e. The molecule has 0 bridgehead atoms. The summed E-state index contributed by atoms with van der Waals surface area (Å²) in [7, 11) is -3.69. The van der Waals surface area contributed by atoms with Crippen molar-refractivity contribution in [3.8, 4) is 0 Å². The fourth-order valence-corrected chi connectivity index (χ4v) is 5.46. The number of nitrogens with one attached hydrogen (secondary N) is 2. The molecular formula is C19H15N3O3S3. The van der Waals surface area contributed by atoms with Crippen LogP contribution in [0.3, 0.4) is 0 Å². The summed E-state index contributed by atoms with van der Waals surface area (Å²) in [5.41, 5.74) is 1.31. The highest BCUT2D eigenvalue weighted by Gasteiger charge is 2.16. The summed E-state index contributed by atoms with van der Waals surface area (Å²) in [5, 5.41) is 5.08. The molecule has 2 aromatic heterocycles. The molecule has 2 N–H and O–H groups in total. The molecule has 2 heterocycles. The lowest BCUT2D eigenvalue weighted by Gasteiger charge is -2.04. The largest absolute Gasteiger partial charge is 0.326 e. The molecule has 142 valence electrons. The Morgan fingerprint density at radius 1 is 1.04 bits per heavy atom. The molecule has 4 aromatic rings. The standard InChI is InChI=1S/C19H15N3O3S3/c23-18(12-14-5-4-10-26-14)20-13-8-9-16-17(11-13)27-19(21-16)22-28(24,25)15-6-2-1-3-7-15/h1-11H,12H2,(H,20,23)(H,21,22). The molecule has 9 heteroatoms. The number of aromatic nitrogens is 1. The summed E-state index contributed by atoms with van der Waals surface area (Å²) >= 11 is 2.75. The Kier molecular flexibility index (Phi) is 5.12. The van der Waals surface area contributed by atoms with E-state index >= 15 is 0 Å². The van der Waals surface area contributed by atoms with Crippen molar-refractivity contribution in [2.45, 2.75) is 11.3 Å². The van der Waals surface area contributed by atoms with Crippen LogP contribution in [0.1, 0.15) is 4.88 Å². The zero-order valence-electron chi connectivity index (χ0n) is 14.5. The first-order valence-electron chi connectivity index (χ1n) is 8.30. The van der Waals surface area contributed by atoms with Crippen molar-refractivity contribution in [1.82, 2.24) is 4.98 Å². The minimum atomic E-state index is -3.69. The first-order valence-corrected chi connectivity index (χ1v) is 11.5. The third-order valence-corrected chi connectivity index (χ3v) is 7.16. The molecule has 1 amide bonds. The number of hydrogen-bond donors (Lipinski definition) is 2. The number of carbonyl (C=O) groups excluding carboxylic acids is 1. The van der Waals surface area contributed by atoms with Crippen molar-refractivity contribution in [2.24, 2.45) is 0 Å². The fourth-order valence-electron chi connectivity index (χ4n) is 2.60. The van der Waals surface area contributed by atoms with E-state index in [1.807, 2.05) is 17.5 Å². The molecule has 0 aliphatic heterocycles. The van der Waals surface area contributed by atoms with Gasteiger partial charge in [-0.25, -0.2) is 13.4 Å². The van der Waals surface area contributed by atoms with E-state index in [1.54, 1.807) is 36.4 Å². The maximum absolute atomic E-state index is 12.4. The summed E-state index contributed by atoms with van der Waals surface area (Å²) in [6.45, 7) is 0. The number of anilines is 2. The number of nitrogens with zero attached hydrogens (tertiary/aromatic N) is 1. The second-order valence-corrected chi connectivity index (χ2v) is 9.67. The molecule has 0 saturated carbocycles. The van der Waals surface area contributed by atoms with Gasteiger partial charge in [0, 0.05) is 10.6 Å². The molecular weight excluding hydrogens is 414 g/mol. The van der Waals surface area contributed by atoms with Crippen LogP contribution >= 0.6 is 22.7 Å². The Labute approximate surface area is 169 Å². The first kappa shape index (κ1) is 18.6. The lowest BCUT2D eigenvalue weighted by Crippen LogP contribution is -2.13. The van der Waals surface area contributed by atoms with Crippen LogP contribution < -0.4 is 10.0 Å². The van der Waals surface area contributed by atoms with Gasteiger partial charge < -0.3 is 5.32 Å². The van der Waals surface area contributed by atoms with Gasteiger partial charge in [-0.05, 0) is 41.8 Å². The quantitative estimate of drug-likeness (QED) is 0.477. The number of thiophene rings is 1. The van der Waals surface area contributed by atoms with Crippen LogP contribution in [0.15, 0.2) is 70.9 Å². The first-order chi connectivity index (χ1) is 13.5. The maximum Gasteiger partial charge on any atom is 0.263 e. The molecule has 0 radical (unpaired) electrons. The van der Waals surface area contributed by atoms with Crippen molar-refractivity contribution < 1.29 is 13.2 Å². The highest BCUT2D eigenvalue weighted by molar-refractivity contribution is 7.93. The molecule has 0 fully saturated rings. The second kappa shape index (κ2) is 7.70. The predicted molar refractivity (Wildman–Crippen MR) is 114 cm³/mol. The number of thiazole rings is 1. The van der Waals surface area contributed by atoms with Gasteiger partial charge >= 0.3 is 0 Å². The summed E-state index contributed by atoms with van der Waals surface area (Å²) in [6, 6.07) is 17.3. The Hall–Kier alpha value is -2.75. The summed E-state index contributed by atoms with van der Waals surface area (Å²) in [4.78, 5) is 17.7. The van der Waals surface area contributed by atoms with Gasteiger partial charge in [0.2, 0.25) is 5.91 Å². The third-order valence-electron chi connectivity index (χ3n) is 3.86. The smallest absolute Gasteiger partial charge is 0.263 e. The summed E-state index contributed by atoms with van der Waals surface area (Å²) < 4.78 is 28.2. The maximum atomic E-state index is 12.4. The number of sulfonamides is 1. The van der Waals surface area contributed by atoms with Gasteiger partial charge in [-0.3, -0.25) is 9.52 Å². The Bertz CT molecular complexity index is 1220. The molecule has 0 unspecified atom stereocenters. The lowest BCUT2D eigenvalue weighted by molar-refractivity contribution is -0.115. The minimum absolute atomic E-state index is 0.101. The number of rotatable bonds is 6. The Morgan fingerprint density at radius 2 is 1.86 bits per heavy atom. The van der Waals surface area contributed by atoms with Crippen LogP contribution in [0.2, 0.25) is 0 Å². The molecule has 0 atom stereocenters. The Morgan fingerprint density at radius 3 is 2.61 bits per heavy atom. The average molecular weight is 430 g/mol. The van der Waals surface area contributed by atoms with Gasteiger partial charge in [0.05, 0.1) is 21.5 Å². The van der Waals surface area contributed by atoms with Crippen LogP contribution in [0.25, 0.3) is 10.2 Å². The van der Waals surface area contributed by atoms with Crippen molar-refractivity contribution in [3.05, 3.63) is 70.9 Å². The van der Waals surface area contributed by atoms with Gasteiger partial charge in [-0.2, -0.15) is 0 Å². The monoisotopic (exact) mass is 429 g/mol. The normalized spacial score (nSPS) is 11.4. The topological polar surface area (TPSA) is 88.2 Å². The molecule has 0 aliphatic carbocycles. The zero-order chi connectivity index (χ0) is 19.6. The summed E-state index contributed by atoms with van der Waals surface area (Å²) in [5.74, 6) is -0.101. The van der Waals surface area contributed by atoms with Crippen molar-refractivity contribution in [1.29, 1.82) is 0 Å². The molecule has 0 aliphatic rings. The lowest BCUT2D eigenvalue weighted by atomic mass is 10.2. The van der Waals surface area contributed by atoms with E-state index in [4.69, 9.17) is 0 Å². The van der Waals surface area contributed by atoms with Gasteiger partial charge in [0.15, 0.2) is 5.13 Å². The van der Waals surface area contributed by atoms with E-state index in [0.29, 0.717) is 17.6 Å². The van der Waals surface area contributed by atoms with Crippen molar-refractivity contribution in [2.75, 3.05) is 10.0 Å². The fraction of sp³-hybridized carbons (Fsp3) is 0.0526. The van der Waals surface area contributed by atoms with E-state index in [0.717, 1.165) is 9.58 Å². The molecule has 28 heavy (non-hydrogen) atoms. The SMILES string of the molecule is O=C(Cc1cccs1)Nc1ccc2nc(NS(=O)(=O)c3ccccc3)sc2c1. The number of hydrogen-bond acceptors (Lipinski definition) is 6. The molecule has 0 spiro atoms. The van der Waals surface area contributed by atoms with E-state index in [9.17, 15) is 13.2 Å². The predicted octanol–water partition coefficient (Wildman–Crippen LogP) is 4.34. The molecule has 2 aromatic carbocycles. The van der Waals surface area contributed by atoms with Crippen LogP contribution in [0.4, 0.5) is 10.8 Å². The van der Waals surface area contributed by atoms with E-state index in [1.165, 1.54) is 34.8 Å².